The van der Waals surface area contributed by atoms with Gasteiger partial charge in [-0.15, -0.1) is 0 Å². The van der Waals surface area contributed by atoms with E-state index < -0.39 is 0 Å². The molecule has 0 saturated carbocycles. The summed E-state index contributed by atoms with van der Waals surface area (Å²) in [6.07, 6.45) is 3.67. The molecule has 3 rings (SSSR count). The summed E-state index contributed by atoms with van der Waals surface area (Å²) in [5, 5.41) is 3.82. The average Bonchev–Trinajstić information content (AvgIpc) is 3.15. The number of hydrogen-bond donors (Lipinski definition) is 1. The maximum Gasteiger partial charge on any atom is 0.230 e. The van der Waals surface area contributed by atoms with Crippen molar-refractivity contribution in [3.63, 3.8) is 0 Å². The Bertz CT molecular complexity index is 923. The van der Waals surface area contributed by atoms with Gasteiger partial charge in [0, 0.05) is 18.0 Å². The number of aromatic nitrogens is 2. The lowest BCUT2D eigenvalue weighted by Crippen LogP contribution is -2.28. The Morgan fingerprint density at radius 2 is 1.96 bits per heavy atom. The van der Waals surface area contributed by atoms with Crippen LogP contribution in [0.3, 0.4) is 0 Å². The van der Waals surface area contributed by atoms with Crippen molar-refractivity contribution in [2.75, 3.05) is 12.9 Å². The van der Waals surface area contributed by atoms with Crippen molar-refractivity contribution >= 4 is 17.7 Å². The highest BCUT2D eigenvalue weighted by Crippen LogP contribution is 2.25. The zero-order chi connectivity index (χ0) is 19.2. The first-order valence-corrected chi connectivity index (χ1v) is 9.73. The van der Waals surface area contributed by atoms with E-state index in [1.54, 1.807) is 13.3 Å². The molecule has 0 radical (unpaired) electrons. The van der Waals surface area contributed by atoms with Crippen LogP contribution in [0.1, 0.15) is 24.1 Å². The van der Waals surface area contributed by atoms with Gasteiger partial charge in [0.1, 0.15) is 5.75 Å². The van der Waals surface area contributed by atoms with Gasteiger partial charge in [-0.05, 0) is 31.5 Å². The molecule has 1 heterocycles. The molecule has 0 aliphatic heterocycles. The van der Waals surface area contributed by atoms with Crippen LogP contribution in [-0.4, -0.2) is 28.3 Å². The maximum absolute atomic E-state index is 12.4. The number of hydrogen-bond acceptors (Lipinski definition) is 4. The summed E-state index contributed by atoms with van der Waals surface area (Å²) in [6, 6.07) is 15.7. The SMILES string of the molecule is COc1ccccc1C(C)NC(=O)CSc1nccn1-c1ccccc1C. The molecule has 0 bridgehead atoms. The number of methoxy groups -OCH3 is 1. The van der Waals surface area contributed by atoms with Crippen LogP contribution in [-0.2, 0) is 4.79 Å². The predicted octanol–water partition coefficient (Wildman–Crippen LogP) is 4.16. The molecule has 1 unspecified atom stereocenters. The highest BCUT2D eigenvalue weighted by molar-refractivity contribution is 7.99. The van der Waals surface area contributed by atoms with E-state index in [1.165, 1.54) is 11.8 Å². The summed E-state index contributed by atoms with van der Waals surface area (Å²) >= 11 is 1.42. The Balaban J connectivity index is 1.64. The number of rotatable bonds is 7. The molecule has 1 amide bonds. The van der Waals surface area contributed by atoms with E-state index in [0.717, 1.165) is 27.7 Å². The number of carbonyl (C=O) groups excluding carboxylic acids is 1. The lowest BCUT2D eigenvalue weighted by molar-refractivity contribution is -0.119. The Hall–Kier alpha value is -2.73. The van der Waals surface area contributed by atoms with Crippen LogP contribution in [0, 0.1) is 6.92 Å². The number of amides is 1. The minimum Gasteiger partial charge on any atom is -0.496 e. The van der Waals surface area contributed by atoms with Crippen molar-refractivity contribution in [1.82, 2.24) is 14.9 Å². The second-order valence-corrected chi connectivity index (χ2v) is 7.13. The molecular weight excluding hydrogens is 358 g/mol. The van der Waals surface area contributed by atoms with Crippen LogP contribution in [0.2, 0.25) is 0 Å². The van der Waals surface area contributed by atoms with Crippen LogP contribution in [0.25, 0.3) is 5.69 Å². The minimum absolute atomic E-state index is 0.0438. The highest BCUT2D eigenvalue weighted by atomic mass is 32.2. The topological polar surface area (TPSA) is 56.1 Å². The van der Waals surface area contributed by atoms with Gasteiger partial charge in [0.2, 0.25) is 5.91 Å². The molecule has 3 aromatic rings. The van der Waals surface area contributed by atoms with Crippen molar-refractivity contribution < 1.29 is 9.53 Å². The summed E-state index contributed by atoms with van der Waals surface area (Å²) in [5.74, 6) is 1.02. The minimum atomic E-state index is -0.134. The van der Waals surface area contributed by atoms with Crippen LogP contribution in [0.15, 0.2) is 66.1 Å². The van der Waals surface area contributed by atoms with Gasteiger partial charge in [0.25, 0.3) is 0 Å². The first kappa shape index (κ1) is 19.0. The summed E-state index contributed by atoms with van der Waals surface area (Å²) < 4.78 is 7.38. The molecule has 1 N–H and O–H groups in total. The third kappa shape index (κ3) is 4.52. The van der Waals surface area contributed by atoms with Crippen LogP contribution >= 0.6 is 11.8 Å². The van der Waals surface area contributed by atoms with E-state index in [9.17, 15) is 4.79 Å². The number of nitrogens with zero attached hydrogens (tertiary/aromatic N) is 2. The monoisotopic (exact) mass is 381 g/mol. The molecular formula is C21H23N3O2S. The summed E-state index contributed by atoms with van der Waals surface area (Å²) in [7, 11) is 1.63. The Labute approximate surface area is 163 Å². The lowest BCUT2D eigenvalue weighted by Gasteiger charge is -2.17. The van der Waals surface area contributed by atoms with Gasteiger partial charge in [-0.3, -0.25) is 9.36 Å². The normalized spacial score (nSPS) is 11.8. The molecule has 0 fully saturated rings. The van der Waals surface area contributed by atoms with E-state index >= 15 is 0 Å². The number of para-hydroxylation sites is 2. The first-order chi connectivity index (χ1) is 13.1. The fourth-order valence-electron chi connectivity index (χ4n) is 2.93. The third-order valence-electron chi connectivity index (χ3n) is 4.30. The second-order valence-electron chi connectivity index (χ2n) is 6.19. The largest absolute Gasteiger partial charge is 0.496 e. The van der Waals surface area contributed by atoms with Gasteiger partial charge in [-0.1, -0.05) is 48.2 Å². The zero-order valence-corrected chi connectivity index (χ0v) is 16.5. The van der Waals surface area contributed by atoms with Gasteiger partial charge in [0.05, 0.1) is 24.6 Å². The summed E-state index contributed by atoms with van der Waals surface area (Å²) in [4.78, 5) is 16.8. The first-order valence-electron chi connectivity index (χ1n) is 8.74. The van der Waals surface area contributed by atoms with E-state index in [2.05, 4.69) is 23.3 Å². The molecule has 0 saturated heterocycles. The van der Waals surface area contributed by atoms with E-state index in [4.69, 9.17) is 4.74 Å². The molecule has 0 spiro atoms. The van der Waals surface area contributed by atoms with Crippen molar-refractivity contribution in [3.05, 3.63) is 72.1 Å². The number of carbonyl (C=O) groups is 1. The van der Waals surface area contributed by atoms with Gasteiger partial charge < -0.3 is 10.1 Å². The maximum atomic E-state index is 12.4. The number of ether oxygens (including phenoxy) is 1. The molecule has 27 heavy (non-hydrogen) atoms. The van der Waals surface area contributed by atoms with Gasteiger partial charge >= 0.3 is 0 Å². The average molecular weight is 382 g/mol. The Morgan fingerprint density at radius 3 is 2.74 bits per heavy atom. The van der Waals surface area contributed by atoms with Gasteiger partial charge in [-0.2, -0.15) is 0 Å². The van der Waals surface area contributed by atoms with E-state index in [1.807, 2.05) is 60.2 Å². The standard InChI is InChI=1S/C21H23N3O2S/c1-15-8-4-6-10-18(15)24-13-12-22-21(24)27-14-20(25)23-16(2)17-9-5-7-11-19(17)26-3/h4-13,16H,14H2,1-3H3,(H,23,25). The fraction of sp³-hybridized carbons (Fsp3) is 0.238. The Morgan fingerprint density at radius 1 is 1.22 bits per heavy atom. The van der Waals surface area contributed by atoms with Crippen LogP contribution in [0.5, 0.6) is 5.75 Å². The fourth-order valence-corrected chi connectivity index (χ4v) is 3.71. The summed E-state index contributed by atoms with van der Waals surface area (Å²) in [6.45, 7) is 4.01. The molecule has 1 aromatic heterocycles. The molecule has 6 heteroatoms. The quantitative estimate of drug-likeness (QED) is 0.625. The summed E-state index contributed by atoms with van der Waals surface area (Å²) in [5.41, 5.74) is 3.19. The van der Waals surface area contributed by atoms with Crippen molar-refractivity contribution in [3.8, 4) is 11.4 Å². The molecule has 0 aliphatic rings. The molecule has 2 aromatic carbocycles. The third-order valence-corrected chi connectivity index (χ3v) is 5.26. The van der Waals surface area contributed by atoms with Crippen LogP contribution in [0.4, 0.5) is 0 Å². The van der Waals surface area contributed by atoms with E-state index in [-0.39, 0.29) is 11.9 Å². The predicted molar refractivity (Wildman–Crippen MR) is 109 cm³/mol. The van der Waals surface area contributed by atoms with Gasteiger partial charge in [-0.25, -0.2) is 4.98 Å². The zero-order valence-electron chi connectivity index (χ0n) is 15.7. The number of nitrogens with one attached hydrogen (secondary N) is 1. The highest BCUT2D eigenvalue weighted by Gasteiger charge is 2.15. The molecule has 1 atom stereocenters. The van der Waals surface area contributed by atoms with Crippen molar-refractivity contribution in [2.45, 2.75) is 25.0 Å². The molecule has 0 aliphatic carbocycles. The number of benzene rings is 2. The smallest absolute Gasteiger partial charge is 0.230 e. The molecule has 5 nitrogen and oxygen atoms in total. The molecule has 140 valence electrons. The van der Waals surface area contributed by atoms with Crippen molar-refractivity contribution in [1.29, 1.82) is 0 Å². The van der Waals surface area contributed by atoms with Crippen molar-refractivity contribution in [2.24, 2.45) is 0 Å². The number of aryl methyl sites for hydroxylation is 1. The van der Waals surface area contributed by atoms with Gasteiger partial charge in [0.15, 0.2) is 5.16 Å². The number of imidazole rings is 1. The lowest BCUT2D eigenvalue weighted by atomic mass is 10.1. The van der Waals surface area contributed by atoms with Crippen LogP contribution < -0.4 is 10.1 Å². The van der Waals surface area contributed by atoms with E-state index in [0.29, 0.717) is 5.75 Å². The second kappa shape index (κ2) is 8.77. The number of thioether (sulfide) groups is 1. The Kier molecular flexibility index (Phi) is 6.19.